The fraction of sp³-hybridized carbons (Fsp3) is 0.143. The van der Waals surface area contributed by atoms with Crippen molar-refractivity contribution in [1.82, 2.24) is 0 Å². The average molecular weight is 280 g/mol. The summed E-state index contributed by atoms with van der Waals surface area (Å²) in [6.45, 7) is 0. The number of nitrogen functional groups attached to an aromatic ring is 2. The Labute approximate surface area is 113 Å². The van der Waals surface area contributed by atoms with Crippen LogP contribution in [-0.2, 0) is 0 Å². The largest absolute Gasteiger partial charge is 0.457 e. The maximum absolute atomic E-state index is 13.4. The fourth-order valence-electron chi connectivity index (χ4n) is 2.41. The smallest absolute Gasteiger partial charge is 0.399 e. The Morgan fingerprint density at radius 3 is 1.70 bits per heavy atom. The summed E-state index contributed by atoms with van der Waals surface area (Å²) < 4.78 is 45.8. The maximum Gasteiger partial charge on any atom is 0.399 e. The van der Waals surface area contributed by atoms with Crippen molar-refractivity contribution in [2.45, 2.75) is 12.1 Å². The van der Waals surface area contributed by atoms with Crippen LogP contribution >= 0.6 is 0 Å². The van der Waals surface area contributed by atoms with Crippen LogP contribution in [0.2, 0.25) is 0 Å². The third kappa shape index (κ3) is 1.93. The number of hydrogen-bond donors (Lipinski definition) is 2. The molecule has 0 fully saturated rings. The molecule has 0 atom stereocenters. The quantitative estimate of drug-likeness (QED) is 0.724. The second kappa shape index (κ2) is 4.06. The van der Waals surface area contributed by atoms with Crippen molar-refractivity contribution in [3.63, 3.8) is 0 Å². The first kappa shape index (κ1) is 12.7. The fourth-order valence-corrected chi connectivity index (χ4v) is 2.41. The molecular formula is C14H11F3N2O. The number of hydrogen-bond acceptors (Lipinski definition) is 3. The second-order valence-corrected chi connectivity index (χ2v) is 4.67. The van der Waals surface area contributed by atoms with Crippen molar-refractivity contribution in [1.29, 1.82) is 0 Å². The number of fused-ring (bicyclic) bond motifs is 2. The van der Waals surface area contributed by atoms with E-state index in [1.165, 1.54) is 36.4 Å². The second-order valence-electron chi connectivity index (χ2n) is 4.67. The van der Waals surface area contributed by atoms with E-state index < -0.39 is 12.1 Å². The zero-order valence-corrected chi connectivity index (χ0v) is 10.2. The molecule has 0 bridgehead atoms. The van der Waals surface area contributed by atoms with Gasteiger partial charge in [0.25, 0.3) is 0 Å². The summed E-state index contributed by atoms with van der Waals surface area (Å²) in [5, 5.41) is 0. The van der Waals surface area contributed by atoms with Gasteiger partial charge in [-0.15, -0.1) is 0 Å². The normalized spacial score (nSPS) is 14.3. The Bertz CT molecular complexity index is 631. The van der Waals surface area contributed by atoms with Crippen LogP contribution in [0.15, 0.2) is 36.4 Å². The first-order chi connectivity index (χ1) is 9.36. The molecule has 2 aromatic rings. The van der Waals surface area contributed by atoms with Crippen LogP contribution in [-0.4, -0.2) is 6.18 Å². The zero-order valence-electron chi connectivity index (χ0n) is 10.2. The minimum absolute atomic E-state index is 0.00981. The van der Waals surface area contributed by atoms with Gasteiger partial charge in [-0.25, -0.2) is 0 Å². The van der Waals surface area contributed by atoms with E-state index in [0.29, 0.717) is 0 Å². The van der Waals surface area contributed by atoms with E-state index in [4.69, 9.17) is 16.2 Å². The van der Waals surface area contributed by atoms with Gasteiger partial charge in [-0.05, 0) is 36.4 Å². The first-order valence-electron chi connectivity index (χ1n) is 5.89. The van der Waals surface area contributed by atoms with E-state index in [-0.39, 0.29) is 34.0 Å². The molecule has 104 valence electrons. The molecule has 4 N–H and O–H groups in total. The zero-order chi connectivity index (χ0) is 14.5. The van der Waals surface area contributed by atoms with Crippen molar-refractivity contribution < 1.29 is 17.9 Å². The molecular weight excluding hydrogens is 269 g/mol. The van der Waals surface area contributed by atoms with Crippen molar-refractivity contribution in [3.05, 3.63) is 47.5 Å². The van der Waals surface area contributed by atoms with Crippen molar-refractivity contribution in [2.24, 2.45) is 0 Å². The van der Waals surface area contributed by atoms with Gasteiger partial charge < -0.3 is 16.2 Å². The van der Waals surface area contributed by atoms with Gasteiger partial charge in [0.05, 0.1) is 0 Å². The van der Waals surface area contributed by atoms with E-state index in [9.17, 15) is 13.2 Å². The summed E-state index contributed by atoms with van der Waals surface area (Å²) in [5.74, 6) is -1.45. The summed E-state index contributed by atoms with van der Waals surface area (Å²) >= 11 is 0. The molecule has 6 heteroatoms. The standard InChI is InChI=1S/C14H11F3N2O/c15-14(16,17)13-9-5-7(18)1-3-11(9)20-12-4-2-8(19)6-10(12)13/h1-6,13H,18-19H2. The lowest BCUT2D eigenvalue weighted by Crippen LogP contribution is -2.25. The van der Waals surface area contributed by atoms with Gasteiger partial charge in [0, 0.05) is 22.5 Å². The lowest BCUT2D eigenvalue weighted by Gasteiger charge is -2.30. The predicted molar refractivity (Wildman–Crippen MR) is 69.7 cm³/mol. The third-order valence-electron chi connectivity index (χ3n) is 3.24. The molecule has 0 spiro atoms. The van der Waals surface area contributed by atoms with Crippen LogP contribution in [0.4, 0.5) is 24.5 Å². The average Bonchev–Trinajstić information content (AvgIpc) is 2.34. The van der Waals surface area contributed by atoms with Crippen molar-refractivity contribution >= 4 is 11.4 Å². The highest BCUT2D eigenvalue weighted by Crippen LogP contribution is 2.51. The Hall–Kier alpha value is -2.37. The molecule has 1 heterocycles. The third-order valence-corrected chi connectivity index (χ3v) is 3.24. The number of anilines is 2. The van der Waals surface area contributed by atoms with E-state index >= 15 is 0 Å². The molecule has 3 rings (SSSR count). The van der Waals surface area contributed by atoms with Crippen molar-refractivity contribution in [2.75, 3.05) is 11.5 Å². The molecule has 0 saturated heterocycles. The van der Waals surface area contributed by atoms with Gasteiger partial charge in [-0.3, -0.25) is 0 Å². The molecule has 0 aliphatic carbocycles. The topological polar surface area (TPSA) is 61.3 Å². The lowest BCUT2D eigenvalue weighted by atomic mass is 9.87. The molecule has 3 nitrogen and oxygen atoms in total. The Kier molecular flexibility index (Phi) is 2.57. The minimum atomic E-state index is -4.45. The van der Waals surface area contributed by atoms with Crippen LogP contribution in [0.25, 0.3) is 0 Å². The highest BCUT2D eigenvalue weighted by Gasteiger charge is 2.46. The van der Waals surface area contributed by atoms with E-state index in [1.807, 2.05) is 0 Å². The summed E-state index contributed by atoms with van der Waals surface area (Å²) in [4.78, 5) is 0. The molecule has 0 radical (unpaired) electrons. The summed E-state index contributed by atoms with van der Waals surface area (Å²) in [6, 6.07) is 8.49. The number of nitrogens with two attached hydrogens (primary N) is 2. The molecule has 0 saturated carbocycles. The van der Waals surface area contributed by atoms with Gasteiger partial charge in [-0.1, -0.05) is 0 Å². The van der Waals surface area contributed by atoms with Crippen LogP contribution < -0.4 is 16.2 Å². The molecule has 0 amide bonds. The maximum atomic E-state index is 13.4. The van der Waals surface area contributed by atoms with E-state index in [0.717, 1.165) is 0 Å². The van der Waals surface area contributed by atoms with Gasteiger partial charge in [0.2, 0.25) is 0 Å². The molecule has 1 aliphatic rings. The van der Waals surface area contributed by atoms with Gasteiger partial charge in [-0.2, -0.15) is 13.2 Å². The van der Waals surface area contributed by atoms with Gasteiger partial charge >= 0.3 is 6.18 Å². The number of halogens is 3. The molecule has 0 unspecified atom stereocenters. The SMILES string of the molecule is Nc1ccc2c(c1)C(C(F)(F)F)c1cc(N)ccc1O2. The van der Waals surface area contributed by atoms with Gasteiger partial charge in [0.15, 0.2) is 0 Å². The number of ether oxygens (including phenoxy) is 1. The lowest BCUT2D eigenvalue weighted by molar-refractivity contribution is -0.142. The van der Waals surface area contributed by atoms with Crippen LogP contribution in [0, 0.1) is 0 Å². The van der Waals surface area contributed by atoms with Gasteiger partial charge in [0.1, 0.15) is 17.4 Å². The molecule has 2 aromatic carbocycles. The summed E-state index contributed by atoms with van der Waals surface area (Å²) in [7, 11) is 0. The molecule has 1 aliphatic heterocycles. The highest BCUT2D eigenvalue weighted by molar-refractivity contribution is 5.61. The summed E-state index contributed by atoms with van der Waals surface area (Å²) in [5.41, 5.74) is 11.7. The number of alkyl halides is 3. The highest BCUT2D eigenvalue weighted by atomic mass is 19.4. The van der Waals surface area contributed by atoms with E-state index in [2.05, 4.69) is 0 Å². The number of rotatable bonds is 0. The van der Waals surface area contributed by atoms with E-state index in [1.54, 1.807) is 0 Å². The monoisotopic (exact) mass is 280 g/mol. The van der Waals surface area contributed by atoms with Crippen LogP contribution in [0.1, 0.15) is 17.0 Å². The van der Waals surface area contributed by atoms with Crippen LogP contribution in [0.3, 0.4) is 0 Å². The van der Waals surface area contributed by atoms with Crippen LogP contribution in [0.5, 0.6) is 11.5 Å². The Morgan fingerprint density at radius 2 is 1.30 bits per heavy atom. The Morgan fingerprint density at radius 1 is 0.850 bits per heavy atom. The summed E-state index contributed by atoms with van der Waals surface area (Å²) in [6.07, 6.45) is -4.45. The number of benzene rings is 2. The predicted octanol–water partition coefficient (Wildman–Crippen LogP) is 3.65. The minimum Gasteiger partial charge on any atom is -0.457 e. The first-order valence-corrected chi connectivity index (χ1v) is 5.89. The molecule has 20 heavy (non-hydrogen) atoms. The molecule has 0 aromatic heterocycles. The Balaban J connectivity index is 2.26. The van der Waals surface area contributed by atoms with Crippen molar-refractivity contribution in [3.8, 4) is 11.5 Å².